The van der Waals surface area contributed by atoms with Crippen LogP contribution in [0.3, 0.4) is 0 Å². The van der Waals surface area contributed by atoms with Gasteiger partial charge in [0.1, 0.15) is 0 Å². The largest absolute Gasteiger partial charge is 0.481 e. The maximum Gasteiger partial charge on any atom is 0.333 e. The Kier molecular flexibility index (Phi) is 4.02. The zero-order chi connectivity index (χ0) is 14.7. The molecule has 0 spiro atoms. The number of carboxylic acids is 1. The number of benzene rings is 1. The van der Waals surface area contributed by atoms with Gasteiger partial charge in [0.05, 0.1) is 18.9 Å². The van der Waals surface area contributed by atoms with Gasteiger partial charge >= 0.3 is 11.9 Å². The molecule has 1 aromatic rings. The highest BCUT2D eigenvalue weighted by atomic mass is 16.5. The summed E-state index contributed by atoms with van der Waals surface area (Å²) in [5.41, 5.74) is 0.597. The first-order valence-electron chi connectivity index (χ1n) is 6.20. The Morgan fingerprint density at radius 2 is 1.90 bits per heavy atom. The van der Waals surface area contributed by atoms with E-state index in [2.05, 4.69) is 10.1 Å². The molecule has 1 fully saturated rings. The molecule has 2 N–H and O–H groups in total. The van der Waals surface area contributed by atoms with E-state index in [1.165, 1.54) is 7.11 Å². The molecule has 6 nitrogen and oxygen atoms in total. The summed E-state index contributed by atoms with van der Waals surface area (Å²) in [5.74, 6) is -3.22. The Morgan fingerprint density at radius 3 is 2.40 bits per heavy atom. The zero-order valence-electron chi connectivity index (χ0n) is 10.9. The Bertz CT molecular complexity index is 528. The molecule has 0 bridgehead atoms. The molecule has 3 unspecified atom stereocenters. The van der Waals surface area contributed by atoms with Crippen molar-refractivity contribution in [3.05, 3.63) is 35.9 Å². The number of amides is 1. The van der Waals surface area contributed by atoms with E-state index in [-0.39, 0.29) is 0 Å². The van der Waals surface area contributed by atoms with Crippen LogP contribution in [0, 0.1) is 11.8 Å². The minimum Gasteiger partial charge on any atom is -0.481 e. The van der Waals surface area contributed by atoms with Crippen LogP contribution in [0.25, 0.3) is 0 Å². The third kappa shape index (κ3) is 2.96. The number of carboxylic acid groups (broad SMARTS) is 1. The first-order valence-corrected chi connectivity index (χ1v) is 6.20. The molecule has 20 heavy (non-hydrogen) atoms. The Hall–Kier alpha value is -2.37. The van der Waals surface area contributed by atoms with Crippen LogP contribution in [0.4, 0.5) is 0 Å². The highest BCUT2D eigenvalue weighted by molar-refractivity contribution is 5.92. The van der Waals surface area contributed by atoms with Crippen molar-refractivity contribution in [3.63, 3.8) is 0 Å². The van der Waals surface area contributed by atoms with Gasteiger partial charge in [-0.3, -0.25) is 9.59 Å². The van der Waals surface area contributed by atoms with Crippen molar-refractivity contribution < 1.29 is 24.2 Å². The van der Waals surface area contributed by atoms with Crippen molar-refractivity contribution >= 4 is 17.8 Å². The van der Waals surface area contributed by atoms with E-state index in [1.54, 1.807) is 30.3 Å². The molecule has 106 valence electrons. The molecule has 0 aromatic heterocycles. The number of ether oxygens (including phenoxy) is 1. The van der Waals surface area contributed by atoms with Crippen molar-refractivity contribution in [3.8, 4) is 0 Å². The van der Waals surface area contributed by atoms with Crippen LogP contribution in [-0.4, -0.2) is 30.1 Å². The van der Waals surface area contributed by atoms with E-state index < -0.39 is 35.7 Å². The van der Waals surface area contributed by atoms with Gasteiger partial charge in [-0.1, -0.05) is 30.3 Å². The van der Waals surface area contributed by atoms with E-state index in [1.807, 2.05) is 0 Å². The molecular formula is C14H15NO5. The Balaban J connectivity index is 2.08. The summed E-state index contributed by atoms with van der Waals surface area (Å²) in [6, 6.07) is 7.76. The van der Waals surface area contributed by atoms with Crippen LogP contribution in [-0.2, 0) is 19.1 Å². The molecule has 1 saturated carbocycles. The van der Waals surface area contributed by atoms with Crippen LogP contribution in [0.2, 0.25) is 0 Å². The second-order valence-corrected chi connectivity index (χ2v) is 4.66. The standard InChI is InChI=1S/C14H15NO5/c1-20-14(19)11(8-5-3-2-4-6-8)15-12(16)9-7-10(9)13(17)18/h2-6,9-11H,7H2,1H3,(H,15,16)(H,17,18). The molecule has 0 saturated heterocycles. The molecule has 2 rings (SSSR count). The van der Waals surface area contributed by atoms with Crippen LogP contribution in [0.15, 0.2) is 30.3 Å². The lowest BCUT2D eigenvalue weighted by molar-refractivity contribution is -0.145. The van der Waals surface area contributed by atoms with Crippen LogP contribution in [0.5, 0.6) is 0 Å². The first-order chi connectivity index (χ1) is 9.54. The van der Waals surface area contributed by atoms with Gasteiger partial charge < -0.3 is 15.2 Å². The summed E-state index contributed by atoms with van der Waals surface area (Å²) in [7, 11) is 1.24. The number of nitrogens with one attached hydrogen (secondary N) is 1. The summed E-state index contributed by atoms with van der Waals surface area (Å²) in [5, 5.41) is 11.4. The van der Waals surface area contributed by atoms with Gasteiger partial charge in [-0.05, 0) is 12.0 Å². The number of rotatable bonds is 5. The van der Waals surface area contributed by atoms with Crippen molar-refractivity contribution in [2.75, 3.05) is 7.11 Å². The van der Waals surface area contributed by atoms with Crippen molar-refractivity contribution in [2.24, 2.45) is 11.8 Å². The van der Waals surface area contributed by atoms with E-state index in [9.17, 15) is 14.4 Å². The zero-order valence-corrected chi connectivity index (χ0v) is 10.9. The van der Waals surface area contributed by atoms with Crippen molar-refractivity contribution in [2.45, 2.75) is 12.5 Å². The number of hydrogen-bond acceptors (Lipinski definition) is 4. The lowest BCUT2D eigenvalue weighted by atomic mass is 10.1. The number of methoxy groups -OCH3 is 1. The van der Waals surface area contributed by atoms with Gasteiger partial charge in [0.15, 0.2) is 6.04 Å². The van der Waals surface area contributed by atoms with Gasteiger partial charge in [0, 0.05) is 0 Å². The van der Waals surface area contributed by atoms with Gasteiger partial charge in [-0.2, -0.15) is 0 Å². The number of carbonyl (C=O) groups excluding carboxylic acids is 2. The molecule has 1 aliphatic carbocycles. The molecule has 0 heterocycles. The van der Waals surface area contributed by atoms with E-state index in [0.717, 1.165) is 0 Å². The predicted octanol–water partition coefficient (Wildman–Crippen LogP) is 0.738. The monoisotopic (exact) mass is 277 g/mol. The Labute approximate surface area is 115 Å². The normalized spacial score (nSPS) is 21.6. The summed E-state index contributed by atoms with van der Waals surface area (Å²) >= 11 is 0. The highest BCUT2D eigenvalue weighted by Gasteiger charge is 2.49. The average Bonchev–Trinajstić information content (AvgIpc) is 3.25. The maximum absolute atomic E-state index is 11.9. The summed E-state index contributed by atoms with van der Waals surface area (Å²) in [6.45, 7) is 0. The van der Waals surface area contributed by atoms with Crippen LogP contribution >= 0.6 is 0 Å². The van der Waals surface area contributed by atoms with E-state index >= 15 is 0 Å². The molecular weight excluding hydrogens is 262 g/mol. The van der Waals surface area contributed by atoms with E-state index in [4.69, 9.17) is 5.11 Å². The molecule has 0 aliphatic heterocycles. The quantitative estimate of drug-likeness (QED) is 0.774. The second-order valence-electron chi connectivity index (χ2n) is 4.66. The molecule has 0 radical (unpaired) electrons. The maximum atomic E-state index is 11.9. The topological polar surface area (TPSA) is 92.7 Å². The summed E-state index contributed by atoms with van der Waals surface area (Å²) in [6.07, 6.45) is 0.309. The fourth-order valence-corrected chi connectivity index (χ4v) is 2.05. The average molecular weight is 277 g/mol. The van der Waals surface area contributed by atoms with Crippen LogP contribution < -0.4 is 5.32 Å². The number of esters is 1. The van der Waals surface area contributed by atoms with E-state index in [0.29, 0.717) is 12.0 Å². The van der Waals surface area contributed by atoms with Gasteiger partial charge in [0.2, 0.25) is 5.91 Å². The van der Waals surface area contributed by atoms with Gasteiger partial charge in [-0.25, -0.2) is 4.79 Å². The van der Waals surface area contributed by atoms with Crippen molar-refractivity contribution in [1.29, 1.82) is 0 Å². The number of carbonyl (C=O) groups is 3. The molecule has 6 heteroatoms. The second kappa shape index (κ2) is 5.73. The molecule has 1 aliphatic rings. The SMILES string of the molecule is COC(=O)C(NC(=O)C1CC1C(=O)O)c1ccccc1. The molecule has 1 aromatic carbocycles. The van der Waals surface area contributed by atoms with Crippen molar-refractivity contribution in [1.82, 2.24) is 5.32 Å². The molecule has 1 amide bonds. The highest BCUT2D eigenvalue weighted by Crippen LogP contribution is 2.39. The number of aliphatic carboxylic acids is 1. The smallest absolute Gasteiger partial charge is 0.333 e. The lowest BCUT2D eigenvalue weighted by Gasteiger charge is -2.16. The Morgan fingerprint density at radius 1 is 1.25 bits per heavy atom. The lowest BCUT2D eigenvalue weighted by Crippen LogP contribution is -2.36. The van der Waals surface area contributed by atoms with Gasteiger partial charge in [-0.15, -0.1) is 0 Å². The fourth-order valence-electron chi connectivity index (χ4n) is 2.05. The molecule has 3 atom stereocenters. The third-order valence-corrected chi connectivity index (χ3v) is 3.30. The summed E-state index contributed by atoms with van der Waals surface area (Å²) < 4.78 is 4.67. The fraction of sp³-hybridized carbons (Fsp3) is 0.357. The minimum atomic E-state index is -0.987. The minimum absolute atomic E-state index is 0.309. The summed E-state index contributed by atoms with van der Waals surface area (Å²) in [4.78, 5) is 34.4. The third-order valence-electron chi connectivity index (χ3n) is 3.30. The van der Waals surface area contributed by atoms with Crippen LogP contribution in [0.1, 0.15) is 18.0 Å². The van der Waals surface area contributed by atoms with Gasteiger partial charge in [0.25, 0.3) is 0 Å². The predicted molar refractivity (Wildman–Crippen MR) is 68.6 cm³/mol. The first kappa shape index (κ1) is 14.0. The number of hydrogen-bond donors (Lipinski definition) is 2.